The molecule has 0 amide bonds. The average Bonchev–Trinajstić information content (AvgIpc) is 2.41. The quantitative estimate of drug-likeness (QED) is 0.511. The molecule has 1 aliphatic carbocycles. The van der Waals surface area contributed by atoms with E-state index in [0.29, 0.717) is 0 Å². The molecule has 0 atom stereocenters. The van der Waals surface area contributed by atoms with Crippen molar-refractivity contribution in [3.8, 4) is 0 Å². The summed E-state index contributed by atoms with van der Waals surface area (Å²) in [5.74, 6) is 0.267. The third-order valence-corrected chi connectivity index (χ3v) is 5.58. The molecule has 0 saturated heterocycles. The van der Waals surface area contributed by atoms with Crippen molar-refractivity contribution in [1.29, 1.82) is 0 Å². The van der Waals surface area contributed by atoms with Gasteiger partial charge in [0, 0.05) is 10.9 Å². The SMILES string of the molecule is Cc1ccc(C(=O)C2(Br)CCCCC2)cc1CCBr. The second kappa shape index (κ2) is 6.53. The van der Waals surface area contributed by atoms with Crippen molar-refractivity contribution < 1.29 is 4.79 Å². The first-order chi connectivity index (χ1) is 9.07. The lowest BCUT2D eigenvalue weighted by atomic mass is 9.83. The van der Waals surface area contributed by atoms with Gasteiger partial charge in [0.2, 0.25) is 0 Å². The topological polar surface area (TPSA) is 17.1 Å². The Morgan fingerprint density at radius 1 is 1.26 bits per heavy atom. The number of hydrogen-bond donors (Lipinski definition) is 0. The molecule has 0 aliphatic heterocycles. The minimum atomic E-state index is -0.313. The lowest BCUT2D eigenvalue weighted by molar-refractivity contribution is 0.0923. The van der Waals surface area contributed by atoms with Crippen LogP contribution in [0.1, 0.15) is 53.6 Å². The van der Waals surface area contributed by atoms with E-state index in [4.69, 9.17) is 0 Å². The number of ketones is 1. The summed E-state index contributed by atoms with van der Waals surface area (Å²) in [6, 6.07) is 6.13. The van der Waals surface area contributed by atoms with Crippen LogP contribution in [-0.2, 0) is 6.42 Å². The van der Waals surface area contributed by atoms with Crippen LogP contribution in [-0.4, -0.2) is 15.4 Å². The van der Waals surface area contributed by atoms with Crippen LogP contribution in [0.2, 0.25) is 0 Å². The predicted molar refractivity (Wildman–Crippen MR) is 87.8 cm³/mol. The Labute approximate surface area is 132 Å². The second-order valence-electron chi connectivity index (χ2n) is 5.44. The standard InChI is InChI=1S/C16H20Br2O/c1-12-5-6-14(11-13(12)7-10-17)15(19)16(18)8-3-2-4-9-16/h5-6,11H,2-4,7-10H2,1H3. The number of halogens is 2. The highest BCUT2D eigenvalue weighted by Gasteiger charge is 2.37. The maximum atomic E-state index is 12.7. The third kappa shape index (κ3) is 3.49. The van der Waals surface area contributed by atoms with Crippen molar-refractivity contribution >= 4 is 37.6 Å². The lowest BCUT2D eigenvalue weighted by Crippen LogP contribution is -2.34. The second-order valence-corrected chi connectivity index (χ2v) is 7.75. The van der Waals surface area contributed by atoms with Gasteiger partial charge in [-0.25, -0.2) is 0 Å². The highest BCUT2D eigenvalue weighted by molar-refractivity contribution is 9.10. The summed E-state index contributed by atoms with van der Waals surface area (Å²) in [6.45, 7) is 2.11. The van der Waals surface area contributed by atoms with E-state index in [1.165, 1.54) is 17.5 Å². The first kappa shape index (κ1) is 15.2. The molecule has 1 aromatic rings. The zero-order valence-electron chi connectivity index (χ0n) is 11.3. The number of hydrogen-bond acceptors (Lipinski definition) is 1. The molecule has 0 N–H and O–H groups in total. The van der Waals surface area contributed by atoms with E-state index in [0.717, 1.165) is 43.0 Å². The molecule has 19 heavy (non-hydrogen) atoms. The van der Waals surface area contributed by atoms with Gasteiger partial charge in [0.15, 0.2) is 5.78 Å². The van der Waals surface area contributed by atoms with Crippen LogP contribution in [0.25, 0.3) is 0 Å². The van der Waals surface area contributed by atoms with Crippen molar-refractivity contribution in [3.05, 3.63) is 34.9 Å². The molecule has 1 aromatic carbocycles. The summed E-state index contributed by atoms with van der Waals surface area (Å²) in [7, 11) is 0. The zero-order valence-corrected chi connectivity index (χ0v) is 14.5. The van der Waals surface area contributed by atoms with E-state index in [2.05, 4.69) is 50.9 Å². The molecule has 1 fully saturated rings. The highest BCUT2D eigenvalue weighted by Crippen LogP contribution is 2.38. The van der Waals surface area contributed by atoms with Crippen LogP contribution < -0.4 is 0 Å². The van der Waals surface area contributed by atoms with Crippen molar-refractivity contribution in [1.82, 2.24) is 0 Å². The van der Waals surface area contributed by atoms with Crippen LogP contribution in [0, 0.1) is 6.92 Å². The predicted octanol–water partition coefficient (Wildman–Crippen LogP) is 5.21. The Balaban J connectivity index is 2.25. The Bertz CT molecular complexity index is 462. The molecular weight excluding hydrogens is 368 g/mol. The van der Waals surface area contributed by atoms with E-state index in [-0.39, 0.29) is 10.1 Å². The number of benzene rings is 1. The summed E-state index contributed by atoms with van der Waals surface area (Å²) in [5.41, 5.74) is 3.40. The number of alkyl halides is 2. The van der Waals surface area contributed by atoms with Crippen molar-refractivity contribution in [2.45, 2.75) is 49.8 Å². The molecule has 1 nitrogen and oxygen atoms in total. The smallest absolute Gasteiger partial charge is 0.179 e. The van der Waals surface area contributed by atoms with E-state index in [9.17, 15) is 4.79 Å². The van der Waals surface area contributed by atoms with E-state index >= 15 is 0 Å². The van der Waals surface area contributed by atoms with E-state index in [1.54, 1.807) is 0 Å². The van der Waals surface area contributed by atoms with Crippen molar-refractivity contribution in [3.63, 3.8) is 0 Å². The monoisotopic (exact) mass is 386 g/mol. The van der Waals surface area contributed by atoms with Crippen LogP contribution in [0.15, 0.2) is 18.2 Å². The molecule has 3 heteroatoms. The van der Waals surface area contributed by atoms with Gasteiger partial charge in [-0.15, -0.1) is 0 Å². The van der Waals surface area contributed by atoms with Gasteiger partial charge in [0.05, 0.1) is 4.32 Å². The van der Waals surface area contributed by atoms with Crippen LogP contribution in [0.3, 0.4) is 0 Å². The van der Waals surface area contributed by atoms with Crippen molar-refractivity contribution in [2.24, 2.45) is 0 Å². The minimum Gasteiger partial charge on any atom is -0.293 e. The fourth-order valence-electron chi connectivity index (χ4n) is 2.78. The van der Waals surface area contributed by atoms with Gasteiger partial charge in [-0.05, 0) is 43.4 Å². The lowest BCUT2D eigenvalue weighted by Gasteiger charge is -2.30. The Morgan fingerprint density at radius 3 is 2.58 bits per heavy atom. The number of Topliss-reactive ketones (excluding diaryl/α,β-unsaturated/α-hetero) is 1. The van der Waals surface area contributed by atoms with Gasteiger partial charge in [-0.2, -0.15) is 0 Å². The normalized spacial score (nSPS) is 18.3. The third-order valence-electron chi connectivity index (χ3n) is 4.03. The molecule has 0 heterocycles. The number of carbonyl (C=O) groups excluding carboxylic acids is 1. The summed E-state index contributed by atoms with van der Waals surface area (Å²) in [4.78, 5) is 12.7. The van der Waals surface area contributed by atoms with Gasteiger partial charge in [0.1, 0.15) is 0 Å². The van der Waals surface area contributed by atoms with Gasteiger partial charge in [-0.3, -0.25) is 4.79 Å². The molecule has 0 aromatic heterocycles. The molecule has 104 valence electrons. The molecule has 0 bridgehead atoms. The maximum Gasteiger partial charge on any atom is 0.179 e. The van der Waals surface area contributed by atoms with E-state index in [1.807, 2.05) is 6.07 Å². The van der Waals surface area contributed by atoms with Crippen LogP contribution in [0.5, 0.6) is 0 Å². The highest BCUT2D eigenvalue weighted by atomic mass is 79.9. The van der Waals surface area contributed by atoms with Crippen LogP contribution in [0.4, 0.5) is 0 Å². The summed E-state index contributed by atoms with van der Waals surface area (Å²) in [5, 5.41) is 0.935. The molecule has 0 radical (unpaired) electrons. The number of carbonyl (C=O) groups is 1. The van der Waals surface area contributed by atoms with Gasteiger partial charge in [0.25, 0.3) is 0 Å². The average molecular weight is 388 g/mol. The fourth-order valence-corrected chi connectivity index (χ4v) is 4.00. The van der Waals surface area contributed by atoms with Crippen LogP contribution >= 0.6 is 31.9 Å². The maximum absolute atomic E-state index is 12.7. The zero-order chi connectivity index (χ0) is 13.9. The number of aryl methyl sites for hydroxylation is 2. The summed E-state index contributed by atoms with van der Waals surface area (Å²) < 4.78 is -0.313. The number of rotatable bonds is 4. The van der Waals surface area contributed by atoms with Gasteiger partial charge >= 0.3 is 0 Å². The van der Waals surface area contributed by atoms with Crippen molar-refractivity contribution in [2.75, 3.05) is 5.33 Å². The van der Waals surface area contributed by atoms with Gasteiger partial charge in [-0.1, -0.05) is 63.3 Å². The Morgan fingerprint density at radius 2 is 1.95 bits per heavy atom. The molecule has 0 spiro atoms. The summed E-state index contributed by atoms with van der Waals surface area (Å²) >= 11 is 7.20. The summed E-state index contributed by atoms with van der Waals surface area (Å²) in [6.07, 6.45) is 6.46. The molecule has 1 saturated carbocycles. The largest absolute Gasteiger partial charge is 0.293 e. The Hall–Kier alpha value is -0.150. The molecule has 0 unspecified atom stereocenters. The molecule has 1 aliphatic rings. The fraction of sp³-hybridized carbons (Fsp3) is 0.562. The molecular formula is C16H20Br2O. The first-order valence-corrected chi connectivity index (χ1v) is 8.87. The molecule has 2 rings (SSSR count). The Kier molecular flexibility index (Phi) is 5.24. The first-order valence-electron chi connectivity index (χ1n) is 6.96. The van der Waals surface area contributed by atoms with E-state index < -0.39 is 0 Å². The minimum absolute atomic E-state index is 0.267. The van der Waals surface area contributed by atoms with Gasteiger partial charge < -0.3 is 0 Å².